The average Bonchev–Trinajstić information content (AvgIpc) is 2.04. The third-order valence-electron chi connectivity index (χ3n) is 2.14. The van der Waals surface area contributed by atoms with Gasteiger partial charge in [-0.1, -0.05) is 6.07 Å². The fourth-order valence-corrected chi connectivity index (χ4v) is 1.56. The van der Waals surface area contributed by atoms with Crippen molar-refractivity contribution in [1.29, 1.82) is 0 Å². The van der Waals surface area contributed by atoms with E-state index in [4.69, 9.17) is 0 Å². The zero-order valence-corrected chi connectivity index (χ0v) is 6.31. The van der Waals surface area contributed by atoms with Gasteiger partial charge in [0.05, 0.1) is 0 Å². The Morgan fingerprint density at radius 2 is 2.00 bits per heavy atom. The van der Waals surface area contributed by atoms with Crippen molar-refractivity contribution in [3.05, 3.63) is 29.3 Å². The highest BCUT2D eigenvalue weighted by Crippen LogP contribution is 2.18. The van der Waals surface area contributed by atoms with Crippen molar-refractivity contribution >= 4 is 0 Å². The predicted octanol–water partition coefficient (Wildman–Crippen LogP) is 2.10. The van der Waals surface area contributed by atoms with Gasteiger partial charge in [0.25, 0.3) is 0 Å². The van der Waals surface area contributed by atoms with Gasteiger partial charge < -0.3 is 0 Å². The molecule has 0 saturated heterocycles. The van der Waals surface area contributed by atoms with Gasteiger partial charge in [0, 0.05) is 5.69 Å². The lowest BCUT2D eigenvalue weighted by Crippen LogP contribution is -2.05. The first-order chi connectivity index (χ1) is 5.36. The van der Waals surface area contributed by atoms with Gasteiger partial charge in [-0.3, -0.25) is 0 Å². The minimum Gasteiger partial charge on any atom is -0.225 e. The van der Waals surface area contributed by atoms with Gasteiger partial charge in [-0.05, 0) is 37.3 Å². The minimum absolute atomic E-state index is 0.342. The van der Waals surface area contributed by atoms with Crippen LogP contribution in [0.4, 0.5) is 4.39 Å². The molecular weight excluding hydrogens is 141 g/mol. The van der Waals surface area contributed by atoms with E-state index in [1.165, 1.54) is 18.1 Å². The van der Waals surface area contributed by atoms with Crippen LogP contribution >= 0.6 is 0 Å². The van der Waals surface area contributed by atoms with E-state index in [2.05, 4.69) is 4.98 Å². The van der Waals surface area contributed by atoms with Crippen LogP contribution in [-0.4, -0.2) is 4.98 Å². The van der Waals surface area contributed by atoms with Crippen LogP contribution < -0.4 is 0 Å². The molecule has 0 fully saturated rings. The average molecular weight is 151 g/mol. The van der Waals surface area contributed by atoms with Gasteiger partial charge in [0.15, 0.2) is 0 Å². The third kappa shape index (κ3) is 1.25. The summed E-state index contributed by atoms with van der Waals surface area (Å²) in [5.41, 5.74) is 2.20. The smallest absolute Gasteiger partial charge is 0.213 e. The van der Waals surface area contributed by atoms with Gasteiger partial charge in [-0.15, -0.1) is 0 Å². The maximum Gasteiger partial charge on any atom is 0.213 e. The van der Waals surface area contributed by atoms with Gasteiger partial charge in [0.2, 0.25) is 5.95 Å². The number of rotatable bonds is 0. The van der Waals surface area contributed by atoms with E-state index in [0.717, 1.165) is 25.0 Å². The van der Waals surface area contributed by atoms with E-state index in [1.807, 2.05) is 6.07 Å². The summed E-state index contributed by atoms with van der Waals surface area (Å²) >= 11 is 0. The molecule has 0 atom stereocenters. The molecule has 0 amide bonds. The number of halogens is 1. The maximum absolute atomic E-state index is 12.6. The fourth-order valence-electron chi connectivity index (χ4n) is 1.56. The van der Waals surface area contributed by atoms with Crippen molar-refractivity contribution in [2.24, 2.45) is 0 Å². The molecule has 0 unspecified atom stereocenters. The van der Waals surface area contributed by atoms with Crippen molar-refractivity contribution in [2.75, 3.05) is 0 Å². The second-order valence-electron chi connectivity index (χ2n) is 2.95. The number of pyridine rings is 1. The molecule has 1 aliphatic rings. The van der Waals surface area contributed by atoms with Crippen molar-refractivity contribution in [3.63, 3.8) is 0 Å². The highest BCUT2D eigenvalue weighted by molar-refractivity contribution is 5.22. The molecule has 1 heterocycles. The zero-order chi connectivity index (χ0) is 7.68. The van der Waals surface area contributed by atoms with Crippen molar-refractivity contribution in [2.45, 2.75) is 25.7 Å². The van der Waals surface area contributed by atoms with E-state index < -0.39 is 0 Å². The van der Waals surface area contributed by atoms with Crippen molar-refractivity contribution in [1.82, 2.24) is 4.98 Å². The maximum atomic E-state index is 12.6. The summed E-state index contributed by atoms with van der Waals surface area (Å²) in [4.78, 5) is 3.85. The SMILES string of the molecule is Fc1ccc2c(n1)CCCC2. The number of hydrogen-bond acceptors (Lipinski definition) is 1. The standard InChI is InChI=1S/C9H10FN/c10-9-6-5-7-3-1-2-4-8(7)11-9/h5-6H,1-4H2. The summed E-state index contributed by atoms with van der Waals surface area (Å²) in [6.45, 7) is 0. The molecule has 0 N–H and O–H groups in total. The first kappa shape index (κ1) is 6.77. The second-order valence-corrected chi connectivity index (χ2v) is 2.95. The monoisotopic (exact) mass is 151 g/mol. The topological polar surface area (TPSA) is 12.9 Å². The summed E-state index contributed by atoms with van der Waals surface area (Å²) in [7, 11) is 0. The molecule has 0 spiro atoms. The number of fused-ring (bicyclic) bond motifs is 1. The highest BCUT2D eigenvalue weighted by Gasteiger charge is 2.10. The molecule has 58 valence electrons. The number of hydrogen-bond donors (Lipinski definition) is 0. The minimum atomic E-state index is -0.342. The van der Waals surface area contributed by atoms with Crippen molar-refractivity contribution < 1.29 is 4.39 Å². The van der Waals surface area contributed by atoms with Crippen LogP contribution in [0.15, 0.2) is 12.1 Å². The Morgan fingerprint density at radius 3 is 2.91 bits per heavy atom. The van der Waals surface area contributed by atoms with E-state index in [0.29, 0.717) is 0 Å². The molecule has 11 heavy (non-hydrogen) atoms. The molecule has 0 radical (unpaired) electrons. The normalized spacial score (nSPS) is 16.1. The largest absolute Gasteiger partial charge is 0.225 e. The first-order valence-electron chi connectivity index (χ1n) is 4.00. The molecule has 2 heteroatoms. The Kier molecular flexibility index (Phi) is 1.60. The molecule has 0 aromatic carbocycles. The van der Waals surface area contributed by atoms with Crippen LogP contribution in [0, 0.1) is 5.95 Å². The summed E-state index contributed by atoms with van der Waals surface area (Å²) in [5.74, 6) is -0.342. The Hall–Kier alpha value is -0.920. The van der Waals surface area contributed by atoms with Crippen molar-refractivity contribution in [3.8, 4) is 0 Å². The molecule has 1 aliphatic carbocycles. The molecule has 1 aromatic heterocycles. The number of nitrogens with zero attached hydrogens (tertiary/aromatic N) is 1. The first-order valence-corrected chi connectivity index (χ1v) is 4.00. The fraction of sp³-hybridized carbons (Fsp3) is 0.444. The highest BCUT2D eigenvalue weighted by atomic mass is 19.1. The van der Waals surface area contributed by atoms with Gasteiger partial charge >= 0.3 is 0 Å². The van der Waals surface area contributed by atoms with Crippen LogP contribution in [0.2, 0.25) is 0 Å². The third-order valence-corrected chi connectivity index (χ3v) is 2.14. The van der Waals surface area contributed by atoms with Crippen LogP contribution in [-0.2, 0) is 12.8 Å². The molecule has 1 aromatic rings. The summed E-state index contributed by atoms with van der Waals surface area (Å²) in [6.07, 6.45) is 4.40. The van der Waals surface area contributed by atoms with Gasteiger partial charge in [0.1, 0.15) is 0 Å². The lowest BCUT2D eigenvalue weighted by atomic mass is 9.96. The van der Waals surface area contributed by atoms with E-state index in [-0.39, 0.29) is 5.95 Å². The van der Waals surface area contributed by atoms with Gasteiger partial charge in [-0.25, -0.2) is 4.98 Å². The quantitative estimate of drug-likeness (QED) is 0.517. The Labute approximate surface area is 65.3 Å². The molecule has 1 nitrogen and oxygen atoms in total. The molecule has 2 rings (SSSR count). The van der Waals surface area contributed by atoms with Crippen LogP contribution in [0.1, 0.15) is 24.1 Å². The van der Waals surface area contributed by atoms with Gasteiger partial charge in [-0.2, -0.15) is 4.39 Å². The van der Waals surface area contributed by atoms with Crippen LogP contribution in [0.25, 0.3) is 0 Å². The lowest BCUT2D eigenvalue weighted by molar-refractivity contribution is 0.561. The predicted molar refractivity (Wildman–Crippen MR) is 40.8 cm³/mol. The van der Waals surface area contributed by atoms with E-state index >= 15 is 0 Å². The zero-order valence-electron chi connectivity index (χ0n) is 6.31. The second kappa shape index (κ2) is 2.61. The molecule has 0 bridgehead atoms. The molecule has 0 saturated carbocycles. The van der Waals surface area contributed by atoms with Crippen LogP contribution in [0.3, 0.4) is 0 Å². The molecular formula is C9H10FN. The molecule has 0 aliphatic heterocycles. The van der Waals surface area contributed by atoms with Crippen LogP contribution in [0.5, 0.6) is 0 Å². The summed E-state index contributed by atoms with van der Waals surface area (Å²) < 4.78 is 12.6. The van der Waals surface area contributed by atoms with E-state index in [1.54, 1.807) is 0 Å². The Balaban J connectivity index is 2.43. The summed E-state index contributed by atoms with van der Waals surface area (Å²) in [6, 6.07) is 3.31. The Morgan fingerprint density at radius 1 is 1.18 bits per heavy atom. The lowest BCUT2D eigenvalue weighted by Gasteiger charge is -2.13. The Bertz CT molecular complexity index is 270. The number of aromatic nitrogens is 1. The summed E-state index contributed by atoms with van der Waals surface area (Å²) in [5, 5.41) is 0. The van der Waals surface area contributed by atoms with E-state index in [9.17, 15) is 4.39 Å². The number of aryl methyl sites for hydroxylation is 2.